The molecule has 0 radical (unpaired) electrons. The Morgan fingerprint density at radius 2 is 1.62 bits per heavy atom. The van der Waals surface area contributed by atoms with Crippen LogP contribution in [0.2, 0.25) is 5.02 Å². The number of hydrogen-bond acceptors (Lipinski definition) is 6. The lowest BCUT2D eigenvalue weighted by Gasteiger charge is -2.43. The van der Waals surface area contributed by atoms with E-state index in [1.54, 1.807) is 36.4 Å². The molecule has 0 aromatic heterocycles. The Balaban J connectivity index is 0.000000557. The van der Waals surface area contributed by atoms with Crippen LogP contribution in [0.5, 0.6) is 0 Å². The first-order valence-electron chi connectivity index (χ1n) is 13.1. The first-order chi connectivity index (χ1) is 19.1. The van der Waals surface area contributed by atoms with Gasteiger partial charge in [-0.05, 0) is 55.0 Å². The van der Waals surface area contributed by atoms with E-state index in [2.05, 4.69) is 4.90 Å². The molecule has 40 heavy (non-hydrogen) atoms. The zero-order valence-electron chi connectivity index (χ0n) is 21.7. The van der Waals surface area contributed by atoms with Crippen molar-refractivity contribution >= 4 is 41.2 Å². The molecule has 2 aromatic carbocycles. The van der Waals surface area contributed by atoms with Crippen LogP contribution < -0.4 is 4.90 Å². The third-order valence-electron chi connectivity index (χ3n) is 7.37. The zero-order chi connectivity index (χ0) is 28.8. The number of carboxylic acid groups (broad SMARTS) is 2. The summed E-state index contributed by atoms with van der Waals surface area (Å²) in [5, 5.41) is 15.2. The molecular formula is C28H31ClFN3O7. The normalized spacial score (nSPS) is 22.1. The molecule has 3 heterocycles. The fourth-order valence-electron chi connectivity index (χ4n) is 5.37. The molecule has 0 aliphatic carbocycles. The maximum atomic E-state index is 13.3. The lowest BCUT2D eigenvalue weighted by Crippen LogP contribution is -2.58. The summed E-state index contributed by atoms with van der Waals surface area (Å²) in [6, 6.07) is 13.4. The summed E-state index contributed by atoms with van der Waals surface area (Å²) in [5.41, 5.74) is 1.49. The van der Waals surface area contributed by atoms with Crippen molar-refractivity contribution < 1.29 is 38.5 Å². The van der Waals surface area contributed by atoms with Gasteiger partial charge in [-0.3, -0.25) is 4.79 Å². The van der Waals surface area contributed by atoms with Gasteiger partial charge in [-0.25, -0.2) is 23.7 Å². The summed E-state index contributed by atoms with van der Waals surface area (Å²) >= 11 is 6.28. The lowest BCUT2D eigenvalue weighted by atomic mass is 9.97. The van der Waals surface area contributed by atoms with Crippen molar-refractivity contribution in [2.75, 3.05) is 37.7 Å². The number of ether oxygens (including phenoxy) is 1. The topological polar surface area (TPSA) is 128 Å². The molecule has 3 fully saturated rings. The summed E-state index contributed by atoms with van der Waals surface area (Å²) in [4.78, 5) is 49.6. The standard InChI is InChI=1S/C26H29ClFN3O3.C2H2O4/c27-22-3-1-2-4-23(22)31-25(32)11-14-30(26(31)33)21-9-12-29(13-10-21)16-18-15-24(34-17-18)19-5-7-20(28)8-6-19;3-1(4)2(5)6/h1-8,18,21,24H,9-17H2;(H,3,4)(H,5,6). The molecule has 2 aromatic rings. The average Bonchev–Trinajstić information content (AvgIpc) is 3.39. The van der Waals surface area contributed by atoms with Gasteiger partial charge in [-0.15, -0.1) is 0 Å². The van der Waals surface area contributed by atoms with Gasteiger partial charge < -0.3 is 24.7 Å². The van der Waals surface area contributed by atoms with E-state index in [0.717, 1.165) is 44.5 Å². The molecule has 0 spiro atoms. The first kappa shape index (κ1) is 29.4. The number of urea groups is 1. The van der Waals surface area contributed by atoms with E-state index in [9.17, 15) is 14.0 Å². The molecule has 3 aliphatic heterocycles. The Labute approximate surface area is 235 Å². The van der Waals surface area contributed by atoms with Crippen LogP contribution in [0.15, 0.2) is 48.5 Å². The Hall–Kier alpha value is -3.54. The molecule has 2 atom stereocenters. The Bertz CT molecular complexity index is 1220. The van der Waals surface area contributed by atoms with Gasteiger partial charge in [0.15, 0.2) is 0 Å². The van der Waals surface area contributed by atoms with Crippen LogP contribution in [0, 0.1) is 11.7 Å². The smallest absolute Gasteiger partial charge is 0.414 e. The maximum Gasteiger partial charge on any atom is 0.414 e. The van der Waals surface area contributed by atoms with Crippen molar-refractivity contribution in [1.29, 1.82) is 0 Å². The second-order valence-electron chi connectivity index (χ2n) is 10.0. The molecule has 0 saturated carbocycles. The third kappa shape index (κ3) is 7.15. The number of carbonyl (C=O) groups excluding carboxylic acids is 2. The Morgan fingerprint density at radius 3 is 2.25 bits per heavy atom. The average molecular weight is 576 g/mol. The second-order valence-corrected chi connectivity index (χ2v) is 10.4. The fourth-order valence-corrected chi connectivity index (χ4v) is 5.59. The molecule has 12 heteroatoms. The van der Waals surface area contributed by atoms with E-state index >= 15 is 0 Å². The largest absolute Gasteiger partial charge is 0.473 e. The lowest BCUT2D eigenvalue weighted by molar-refractivity contribution is -0.159. The number of para-hydroxylation sites is 1. The Morgan fingerprint density at radius 1 is 0.975 bits per heavy atom. The number of aliphatic carboxylic acids is 2. The minimum atomic E-state index is -1.82. The molecule has 10 nitrogen and oxygen atoms in total. The number of imide groups is 1. The number of hydrogen-bond donors (Lipinski definition) is 2. The van der Waals surface area contributed by atoms with Gasteiger partial charge in [0.1, 0.15) is 5.82 Å². The number of piperidine rings is 1. The van der Waals surface area contributed by atoms with Crippen LogP contribution in [0.4, 0.5) is 14.9 Å². The molecule has 0 bridgehead atoms. The van der Waals surface area contributed by atoms with Gasteiger partial charge in [-0.2, -0.15) is 0 Å². The van der Waals surface area contributed by atoms with E-state index in [1.165, 1.54) is 17.0 Å². The quantitative estimate of drug-likeness (QED) is 0.512. The van der Waals surface area contributed by atoms with Crippen LogP contribution in [0.1, 0.15) is 37.4 Å². The highest BCUT2D eigenvalue weighted by Crippen LogP contribution is 2.34. The van der Waals surface area contributed by atoms with E-state index in [4.69, 9.17) is 36.1 Å². The number of rotatable bonds is 5. The van der Waals surface area contributed by atoms with Gasteiger partial charge in [-0.1, -0.05) is 35.9 Å². The molecule has 3 aliphatic rings. The van der Waals surface area contributed by atoms with Crippen molar-refractivity contribution in [3.63, 3.8) is 0 Å². The van der Waals surface area contributed by atoms with Crippen molar-refractivity contribution in [3.8, 4) is 0 Å². The predicted octanol–water partition coefficient (Wildman–Crippen LogP) is 4.04. The number of benzene rings is 2. The van der Waals surface area contributed by atoms with Crippen LogP contribution in [0.25, 0.3) is 0 Å². The SMILES string of the molecule is O=C(O)C(=O)O.O=C1CCN(C2CCN(CC3COC(c4ccc(F)cc4)C3)CC2)C(=O)N1c1ccccc1Cl. The zero-order valence-corrected chi connectivity index (χ0v) is 22.5. The van der Waals surface area contributed by atoms with Gasteiger partial charge >= 0.3 is 18.0 Å². The monoisotopic (exact) mass is 575 g/mol. The highest BCUT2D eigenvalue weighted by molar-refractivity contribution is 6.35. The molecular weight excluding hydrogens is 545 g/mol. The van der Waals surface area contributed by atoms with Crippen molar-refractivity contribution in [1.82, 2.24) is 9.80 Å². The summed E-state index contributed by atoms with van der Waals surface area (Å²) in [7, 11) is 0. The van der Waals surface area contributed by atoms with Gasteiger partial charge in [0.25, 0.3) is 0 Å². The van der Waals surface area contributed by atoms with Gasteiger partial charge in [0.05, 0.1) is 23.4 Å². The molecule has 5 rings (SSSR count). The number of likely N-dealkylation sites (tertiary alicyclic amines) is 1. The third-order valence-corrected chi connectivity index (χ3v) is 7.69. The van der Waals surface area contributed by atoms with Crippen LogP contribution in [-0.4, -0.2) is 82.7 Å². The Kier molecular flexibility index (Phi) is 9.72. The summed E-state index contributed by atoms with van der Waals surface area (Å²) in [5.74, 6) is -3.64. The predicted molar refractivity (Wildman–Crippen MR) is 144 cm³/mol. The highest BCUT2D eigenvalue weighted by atomic mass is 35.5. The minimum absolute atomic E-state index is 0.0300. The summed E-state index contributed by atoms with van der Waals surface area (Å²) in [6.45, 7) is 3.95. The molecule has 2 N–H and O–H groups in total. The van der Waals surface area contributed by atoms with Crippen LogP contribution in [-0.2, 0) is 19.1 Å². The van der Waals surface area contributed by atoms with E-state index < -0.39 is 11.9 Å². The second kappa shape index (κ2) is 13.2. The van der Waals surface area contributed by atoms with Gasteiger partial charge in [0.2, 0.25) is 5.91 Å². The summed E-state index contributed by atoms with van der Waals surface area (Å²) in [6.07, 6.45) is 3.03. The van der Waals surface area contributed by atoms with Crippen LogP contribution in [0.3, 0.4) is 0 Å². The van der Waals surface area contributed by atoms with Crippen molar-refractivity contribution in [2.24, 2.45) is 5.92 Å². The van der Waals surface area contributed by atoms with E-state index in [0.29, 0.717) is 36.2 Å². The van der Waals surface area contributed by atoms with Gasteiger partial charge in [0, 0.05) is 38.6 Å². The highest BCUT2D eigenvalue weighted by Gasteiger charge is 2.39. The first-order valence-corrected chi connectivity index (χ1v) is 13.5. The number of anilines is 1. The maximum absolute atomic E-state index is 13.3. The number of amides is 3. The fraction of sp³-hybridized carbons (Fsp3) is 0.429. The number of halogens is 2. The summed E-state index contributed by atoms with van der Waals surface area (Å²) < 4.78 is 19.2. The molecule has 3 saturated heterocycles. The van der Waals surface area contributed by atoms with Crippen LogP contribution >= 0.6 is 11.6 Å². The van der Waals surface area contributed by atoms with E-state index in [1.807, 2.05) is 4.90 Å². The number of nitrogens with zero attached hydrogens (tertiary/aromatic N) is 3. The molecule has 3 amide bonds. The minimum Gasteiger partial charge on any atom is -0.473 e. The number of carboxylic acids is 2. The van der Waals surface area contributed by atoms with Crippen molar-refractivity contribution in [2.45, 2.75) is 37.8 Å². The van der Waals surface area contributed by atoms with E-state index in [-0.39, 0.29) is 29.9 Å². The molecule has 2 unspecified atom stereocenters. The molecule has 214 valence electrons. The number of carbonyl (C=O) groups is 4. The van der Waals surface area contributed by atoms with Crippen molar-refractivity contribution in [3.05, 3.63) is 64.9 Å².